The van der Waals surface area contributed by atoms with Gasteiger partial charge in [0.25, 0.3) is 0 Å². The van der Waals surface area contributed by atoms with Crippen molar-refractivity contribution >= 4 is 34.8 Å². The summed E-state index contributed by atoms with van der Waals surface area (Å²) in [5.41, 5.74) is 7.70. The van der Waals surface area contributed by atoms with E-state index in [4.69, 9.17) is 50.0 Å². The summed E-state index contributed by atoms with van der Waals surface area (Å²) in [4.78, 5) is 0. The lowest BCUT2D eigenvalue weighted by atomic mass is 9.99. The van der Waals surface area contributed by atoms with Crippen molar-refractivity contribution in [3.05, 3.63) is 56.5 Å². The third-order valence-corrected chi connectivity index (χ3v) is 4.03. The summed E-state index contributed by atoms with van der Waals surface area (Å²) in [7, 11) is 3.10. The van der Waals surface area contributed by atoms with Gasteiger partial charge in [-0.2, -0.15) is 0 Å². The topological polar surface area (TPSA) is 44.5 Å². The Morgan fingerprint density at radius 1 is 0.857 bits per heavy atom. The molecule has 6 heteroatoms. The average Bonchev–Trinajstić information content (AvgIpc) is 2.46. The van der Waals surface area contributed by atoms with Crippen molar-refractivity contribution in [3.63, 3.8) is 0 Å². The Balaban J connectivity index is 2.50. The van der Waals surface area contributed by atoms with Crippen LogP contribution in [0.4, 0.5) is 0 Å². The van der Waals surface area contributed by atoms with Crippen LogP contribution in [0.5, 0.6) is 11.5 Å². The first-order chi connectivity index (χ1) is 9.97. The molecule has 112 valence electrons. The van der Waals surface area contributed by atoms with Crippen LogP contribution < -0.4 is 15.2 Å². The van der Waals surface area contributed by atoms with Crippen LogP contribution in [0.1, 0.15) is 17.2 Å². The molecule has 1 atom stereocenters. The molecule has 0 fully saturated rings. The van der Waals surface area contributed by atoms with Gasteiger partial charge in [-0.25, -0.2) is 0 Å². The Morgan fingerprint density at radius 2 is 1.43 bits per heavy atom. The van der Waals surface area contributed by atoms with Gasteiger partial charge in [0.1, 0.15) is 0 Å². The minimum absolute atomic E-state index is 0.478. The molecule has 2 aromatic rings. The normalized spacial score (nSPS) is 12.1. The predicted octanol–water partition coefficient (Wildman–Crippen LogP) is 4.71. The van der Waals surface area contributed by atoms with Gasteiger partial charge in [-0.3, -0.25) is 0 Å². The van der Waals surface area contributed by atoms with Gasteiger partial charge in [0.15, 0.2) is 11.5 Å². The largest absolute Gasteiger partial charge is 0.493 e. The fraction of sp³-hybridized carbons (Fsp3) is 0.200. The highest BCUT2D eigenvalue weighted by atomic mass is 35.5. The SMILES string of the molecule is COc1cc(Cl)c(C(N)c2ccc(Cl)cc2Cl)cc1OC. The number of hydrogen-bond donors (Lipinski definition) is 1. The number of ether oxygens (including phenoxy) is 2. The van der Waals surface area contributed by atoms with Crippen molar-refractivity contribution in [2.24, 2.45) is 5.73 Å². The van der Waals surface area contributed by atoms with E-state index in [1.165, 1.54) is 0 Å². The van der Waals surface area contributed by atoms with Crippen molar-refractivity contribution in [2.45, 2.75) is 6.04 Å². The summed E-state index contributed by atoms with van der Waals surface area (Å²) in [6.07, 6.45) is 0. The maximum Gasteiger partial charge on any atom is 0.162 e. The van der Waals surface area contributed by atoms with Crippen LogP contribution in [0.3, 0.4) is 0 Å². The summed E-state index contributed by atoms with van der Waals surface area (Å²) >= 11 is 18.4. The molecular weight excluding hydrogens is 333 g/mol. The Labute approximate surface area is 138 Å². The third kappa shape index (κ3) is 3.38. The zero-order valence-electron chi connectivity index (χ0n) is 11.5. The number of rotatable bonds is 4. The Morgan fingerprint density at radius 3 is 2.00 bits per heavy atom. The van der Waals surface area contributed by atoms with Crippen molar-refractivity contribution in [3.8, 4) is 11.5 Å². The monoisotopic (exact) mass is 345 g/mol. The minimum atomic E-state index is -0.498. The Kier molecular flexibility index (Phi) is 5.22. The van der Waals surface area contributed by atoms with E-state index in [9.17, 15) is 0 Å². The van der Waals surface area contributed by atoms with Gasteiger partial charge in [-0.1, -0.05) is 40.9 Å². The fourth-order valence-electron chi connectivity index (χ4n) is 2.03. The van der Waals surface area contributed by atoms with E-state index in [2.05, 4.69) is 0 Å². The zero-order chi connectivity index (χ0) is 15.6. The quantitative estimate of drug-likeness (QED) is 0.871. The van der Waals surface area contributed by atoms with Crippen molar-refractivity contribution in [2.75, 3.05) is 14.2 Å². The van der Waals surface area contributed by atoms with Crippen LogP contribution in [0.25, 0.3) is 0 Å². The molecule has 0 aliphatic rings. The first kappa shape index (κ1) is 16.2. The summed E-state index contributed by atoms with van der Waals surface area (Å²) in [6, 6.07) is 8.07. The van der Waals surface area contributed by atoms with E-state index in [1.54, 1.807) is 44.6 Å². The molecule has 0 heterocycles. The molecule has 2 aromatic carbocycles. The second-order valence-electron chi connectivity index (χ2n) is 4.37. The Bertz CT molecular complexity index is 662. The number of methoxy groups -OCH3 is 2. The smallest absolute Gasteiger partial charge is 0.162 e. The predicted molar refractivity (Wildman–Crippen MR) is 87.0 cm³/mol. The number of halogens is 3. The molecule has 0 aliphatic carbocycles. The van der Waals surface area contributed by atoms with Gasteiger partial charge in [0.05, 0.1) is 20.3 Å². The number of hydrogen-bond acceptors (Lipinski definition) is 3. The zero-order valence-corrected chi connectivity index (χ0v) is 13.8. The molecule has 0 bridgehead atoms. The van der Waals surface area contributed by atoms with Crippen LogP contribution in [0.2, 0.25) is 15.1 Å². The standard InChI is InChI=1S/C15H14Cl3NO2/c1-20-13-6-10(12(18)7-14(13)21-2)15(19)9-4-3-8(16)5-11(9)17/h3-7,15H,19H2,1-2H3. The molecule has 2 N–H and O–H groups in total. The molecule has 0 aliphatic heterocycles. The minimum Gasteiger partial charge on any atom is -0.493 e. The second kappa shape index (κ2) is 6.75. The molecule has 21 heavy (non-hydrogen) atoms. The summed E-state index contributed by atoms with van der Waals surface area (Å²) in [5.74, 6) is 1.10. The van der Waals surface area contributed by atoms with Crippen molar-refractivity contribution in [1.82, 2.24) is 0 Å². The lowest BCUT2D eigenvalue weighted by molar-refractivity contribution is 0.354. The van der Waals surface area contributed by atoms with Gasteiger partial charge in [0.2, 0.25) is 0 Å². The van der Waals surface area contributed by atoms with E-state index in [1.807, 2.05) is 0 Å². The van der Waals surface area contributed by atoms with Crippen molar-refractivity contribution in [1.29, 1.82) is 0 Å². The van der Waals surface area contributed by atoms with E-state index < -0.39 is 6.04 Å². The van der Waals surface area contributed by atoms with Crippen LogP contribution in [0, 0.1) is 0 Å². The van der Waals surface area contributed by atoms with Gasteiger partial charge >= 0.3 is 0 Å². The van der Waals surface area contributed by atoms with Gasteiger partial charge < -0.3 is 15.2 Å². The highest BCUT2D eigenvalue weighted by Gasteiger charge is 2.19. The highest BCUT2D eigenvalue weighted by Crippen LogP contribution is 2.38. The molecule has 1 unspecified atom stereocenters. The lowest BCUT2D eigenvalue weighted by Gasteiger charge is -2.18. The van der Waals surface area contributed by atoms with Crippen molar-refractivity contribution < 1.29 is 9.47 Å². The molecule has 2 rings (SSSR count). The van der Waals surface area contributed by atoms with E-state index >= 15 is 0 Å². The molecule has 0 spiro atoms. The molecule has 3 nitrogen and oxygen atoms in total. The summed E-state index contributed by atoms with van der Waals surface area (Å²) < 4.78 is 10.5. The molecule has 0 aromatic heterocycles. The third-order valence-electron chi connectivity index (χ3n) is 3.14. The molecule has 0 radical (unpaired) electrons. The van der Waals surface area contributed by atoms with Gasteiger partial charge in [-0.05, 0) is 29.3 Å². The van der Waals surface area contributed by atoms with Gasteiger partial charge in [0, 0.05) is 21.1 Å². The average molecular weight is 347 g/mol. The van der Waals surface area contributed by atoms with Crippen LogP contribution >= 0.6 is 34.8 Å². The van der Waals surface area contributed by atoms with Crippen LogP contribution in [0.15, 0.2) is 30.3 Å². The maximum atomic E-state index is 6.28. The lowest BCUT2D eigenvalue weighted by Crippen LogP contribution is -2.13. The Hall–Kier alpha value is -1.13. The number of nitrogens with two attached hydrogens (primary N) is 1. The molecule has 0 saturated carbocycles. The first-order valence-electron chi connectivity index (χ1n) is 6.10. The van der Waals surface area contributed by atoms with E-state index in [0.29, 0.717) is 32.1 Å². The van der Waals surface area contributed by atoms with E-state index in [-0.39, 0.29) is 0 Å². The first-order valence-corrected chi connectivity index (χ1v) is 7.23. The summed E-state index contributed by atoms with van der Waals surface area (Å²) in [5, 5.41) is 1.52. The molecule has 0 amide bonds. The maximum absolute atomic E-state index is 6.28. The fourth-order valence-corrected chi connectivity index (χ4v) is 2.83. The highest BCUT2D eigenvalue weighted by molar-refractivity contribution is 6.35. The van der Waals surface area contributed by atoms with Crippen LogP contribution in [-0.2, 0) is 0 Å². The second-order valence-corrected chi connectivity index (χ2v) is 5.62. The molecule has 0 saturated heterocycles. The van der Waals surface area contributed by atoms with Crippen LogP contribution in [-0.4, -0.2) is 14.2 Å². The van der Waals surface area contributed by atoms with Gasteiger partial charge in [-0.15, -0.1) is 0 Å². The van der Waals surface area contributed by atoms with E-state index in [0.717, 1.165) is 5.56 Å². The number of benzene rings is 2. The molecular formula is C15H14Cl3NO2. The summed E-state index contributed by atoms with van der Waals surface area (Å²) in [6.45, 7) is 0.